The molecule has 4 heteroatoms. The predicted octanol–water partition coefficient (Wildman–Crippen LogP) is 2.73. The third-order valence-corrected chi connectivity index (χ3v) is 3.99. The van der Waals surface area contributed by atoms with Crippen LogP contribution in [0.15, 0.2) is 48.9 Å². The van der Waals surface area contributed by atoms with Gasteiger partial charge < -0.3 is 9.88 Å². The van der Waals surface area contributed by atoms with Crippen molar-refractivity contribution in [3.63, 3.8) is 0 Å². The highest BCUT2D eigenvalue weighted by molar-refractivity contribution is 5.83. The Bertz CT molecular complexity index is 744. The average molecular weight is 278 g/mol. The molecular formula is C17H18N4. The zero-order valence-electron chi connectivity index (χ0n) is 11.9. The number of aromatic nitrogens is 3. The van der Waals surface area contributed by atoms with Gasteiger partial charge in [-0.15, -0.1) is 0 Å². The van der Waals surface area contributed by atoms with Crippen LogP contribution in [0.3, 0.4) is 0 Å². The predicted molar refractivity (Wildman–Crippen MR) is 82.9 cm³/mol. The summed E-state index contributed by atoms with van der Waals surface area (Å²) in [6, 6.07) is 11.3. The van der Waals surface area contributed by atoms with E-state index in [0.29, 0.717) is 6.54 Å². The number of hydrogen-bond acceptors (Lipinski definition) is 3. The third-order valence-electron chi connectivity index (χ3n) is 3.99. The van der Waals surface area contributed by atoms with Crippen molar-refractivity contribution in [2.75, 3.05) is 0 Å². The molecule has 1 fully saturated rings. The summed E-state index contributed by atoms with van der Waals surface area (Å²) in [6.45, 7) is 1.66. The molecule has 1 aliphatic rings. The van der Waals surface area contributed by atoms with E-state index in [0.717, 1.165) is 18.4 Å². The van der Waals surface area contributed by atoms with E-state index in [4.69, 9.17) is 0 Å². The molecule has 0 saturated heterocycles. The fourth-order valence-corrected chi connectivity index (χ4v) is 2.68. The molecular weight excluding hydrogens is 260 g/mol. The summed E-state index contributed by atoms with van der Waals surface area (Å²) in [5, 5.41) is 4.91. The summed E-state index contributed by atoms with van der Waals surface area (Å²) in [5.41, 5.74) is 2.62. The second-order valence-electron chi connectivity index (χ2n) is 5.61. The Morgan fingerprint density at radius 3 is 2.76 bits per heavy atom. The highest BCUT2D eigenvalue weighted by Gasteiger charge is 2.20. The number of fused-ring (bicyclic) bond motifs is 1. The van der Waals surface area contributed by atoms with Gasteiger partial charge in [-0.25, -0.2) is 9.97 Å². The molecule has 1 aromatic carbocycles. The first-order valence-corrected chi connectivity index (χ1v) is 7.46. The second kappa shape index (κ2) is 5.30. The number of hydrogen-bond donors (Lipinski definition) is 1. The van der Waals surface area contributed by atoms with E-state index in [9.17, 15) is 0 Å². The molecule has 0 aliphatic heterocycles. The van der Waals surface area contributed by atoms with Crippen molar-refractivity contribution in [3.05, 3.63) is 60.3 Å². The first kappa shape index (κ1) is 12.5. The van der Waals surface area contributed by atoms with Gasteiger partial charge in [-0.2, -0.15) is 0 Å². The minimum atomic E-state index is 0.712. The Morgan fingerprint density at radius 1 is 1.10 bits per heavy atom. The Labute approximate surface area is 123 Å². The van der Waals surface area contributed by atoms with E-state index < -0.39 is 0 Å². The maximum Gasteiger partial charge on any atom is 0.147 e. The molecule has 1 N–H and O–H groups in total. The second-order valence-corrected chi connectivity index (χ2v) is 5.61. The number of benzene rings is 1. The quantitative estimate of drug-likeness (QED) is 0.780. The number of nitrogens with zero attached hydrogens (tertiary/aromatic N) is 3. The molecule has 4 rings (SSSR count). The van der Waals surface area contributed by atoms with Crippen molar-refractivity contribution < 1.29 is 0 Å². The lowest BCUT2D eigenvalue weighted by molar-refractivity contribution is 0.691. The first-order chi connectivity index (χ1) is 10.4. The van der Waals surface area contributed by atoms with Gasteiger partial charge in [0.15, 0.2) is 0 Å². The lowest BCUT2D eigenvalue weighted by Crippen LogP contribution is -2.15. The fourth-order valence-electron chi connectivity index (χ4n) is 2.68. The highest BCUT2D eigenvalue weighted by Crippen LogP contribution is 2.23. The Morgan fingerprint density at radius 2 is 1.95 bits per heavy atom. The van der Waals surface area contributed by atoms with Crippen LogP contribution >= 0.6 is 0 Å². The monoisotopic (exact) mass is 278 g/mol. The van der Waals surface area contributed by atoms with Crippen molar-refractivity contribution >= 4 is 10.9 Å². The Hall–Kier alpha value is -2.20. The van der Waals surface area contributed by atoms with Crippen LogP contribution in [0, 0.1) is 0 Å². The molecule has 0 unspecified atom stereocenters. The van der Waals surface area contributed by atoms with Crippen LogP contribution in [0.2, 0.25) is 0 Å². The van der Waals surface area contributed by atoms with Crippen molar-refractivity contribution in [2.24, 2.45) is 0 Å². The number of nitrogens with one attached hydrogen (secondary N) is 1. The molecule has 21 heavy (non-hydrogen) atoms. The van der Waals surface area contributed by atoms with E-state index >= 15 is 0 Å². The van der Waals surface area contributed by atoms with Crippen LogP contribution in [0.4, 0.5) is 0 Å². The zero-order chi connectivity index (χ0) is 14.1. The molecule has 0 radical (unpaired) electrons. The molecule has 0 atom stereocenters. The van der Waals surface area contributed by atoms with Gasteiger partial charge in [0.25, 0.3) is 0 Å². The maximum absolute atomic E-state index is 4.31. The van der Waals surface area contributed by atoms with Gasteiger partial charge in [-0.1, -0.05) is 12.1 Å². The van der Waals surface area contributed by atoms with Crippen LogP contribution in [0.5, 0.6) is 0 Å². The van der Waals surface area contributed by atoms with E-state index in [1.807, 2.05) is 6.07 Å². The van der Waals surface area contributed by atoms with E-state index in [2.05, 4.69) is 50.3 Å². The number of rotatable bonds is 5. The van der Waals surface area contributed by atoms with Crippen molar-refractivity contribution in [1.29, 1.82) is 0 Å². The van der Waals surface area contributed by atoms with Gasteiger partial charge in [0, 0.05) is 42.1 Å². The van der Waals surface area contributed by atoms with Crippen molar-refractivity contribution in [2.45, 2.75) is 32.0 Å². The Balaban J connectivity index is 1.63. The third kappa shape index (κ3) is 2.67. The van der Waals surface area contributed by atoms with Gasteiger partial charge >= 0.3 is 0 Å². The van der Waals surface area contributed by atoms with Crippen LogP contribution in [-0.4, -0.2) is 20.6 Å². The van der Waals surface area contributed by atoms with Gasteiger partial charge in [0.2, 0.25) is 0 Å². The molecule has 2 aromatic heterocycles. The summed E-state index contributed by atoms with van der Waals surface area (Å²) in [7, 11) is 0. The zero-order valence-corrected chi connectivity index (χ0v) is 11.9. The van der Waals surface area contributed by atoms with E-state index in [1.54, 1.807) is 12.4 Å². The smallest absolute Gasteiger partial charge is 0.147 e. The minimum Gasteiger partial charge on any atom is -0.340 e. The lowest BCUT2D eigenvalue weighted by atomic mass is 10.1. The van der Waals surface area contributed by atoms with Gasteiger partial charge in [-0.3, -0.25) is 0 Å². The summed E-state index contributed by atoms with van der Waals surface area (Å²) < 4.78 is 2.21. The van der Waals surface area contributed by atoms with Gasteiger partial charge in [-0.05, 0) is 36.6 Å². The average Bonchev–Trinajstić information content (AvgIpc) is 3.27. The van der Waals surface area contributed by atoms with Crippen molar-refractivity contribution in [3.8, 4) is 0 Å². The summed E-state index contributed by atoms with van der Waals surface area (Å²) in [6.07, 6.45) is 8.35. The summed E-state index contributed by atoms with van der Waals surface area (Å²) >= 11 is 0. The SMILES string of the molecule is c1cnc(Cn2ccc3c(CNC4CC4)cccc32)nc1. The van der Waals surface area contributed by atoms with Crippen LogP contribution in [-0.2, 0) is 13.1 Å². The normalized spacial score (nSPS) is 14.7. The molecule has 0 amide bonds. The fraction of sp³-hybridized carbons (Fsp3) is 0.294. The topological polar surface area (TPSA) is 42.7 Å². The molecule has 0 bridgehead atoms. The first-order valence-electron chi connectivity index (χ1n) is 7.46. The van der Waals surface area contributed by atoms with E-state index in [-0.39, 0.29) is 0 Å². The van der Waals surface area contributed by atoms with Crippen molar-refractivity contribution in [1.82, 2.24) is 19.9 Å². The van der Waals surface area contributed by atoms with Gasteiger partial charge in [0.05, 0.1) is 6.54 Å². The maximum atomic E-state index is 4.31. The van der Waals surface area contributed by atoms with E-state index in [1.165, 1.54) is 29.3 Å². The minimum absolute atomic E-state index is 0.712. The lowest BCUT2D eigenvalue weighted by Gasteiger charge is -2.07. The van der Waals surface area contributed by atoms with Crippen LogP contribution < -0.4 is 5.32 Å². The van der Waals surface area contributed by atoms with Crippen LogP contribution in [0.25, 0.3) is 10.9 Å². The molecule has 3 aromatic rings. The summed E-state index contributed by atoms with van der Waals surface area (Å²) in [4.78, 5) is 8.61. The van der Waals surface area contributed by atoms with Gasteiger partial charge in [0.1, 0.15) is 5.82 Å². The summed E-state index contributed by atoms with van der Waals surface area (Å²) in [5.74, 6) is 0.844. The molecule has 2 heterocycles. The molecule has 0 spiro atoms. The Kier molecular flexibility index (Phi) is 3.16. The molecule has 106 valence electrons. The molecule has 4 nitrogen and oxygen atoms in total. The van der Waals surface area contributed by atoms with Crippen LogP contribution in [0.1, 0.15) is 24.2 Å². The molecule has 1 saturated carbocycles. The highest BCUT2D eigenvalue weighted by atomic mass is 15.0. The molecule has 1 aliphatic carbocycles. The largest absolute Gasteiger partial charge is 0.340 e. The standard InChI is InChI=1S/C17H18N4/c1-3-13(11-20-14-5-6-14)15-7-10-21(16(15)4-1)12-17-18-8-2-9-19-17/h1-4,7-10,14,20H,5-6,11-12H2.